The number of thiophene rings is 1. The van der Waals surface area contributed by atoms with Crippen LogP contribution in [0.1, 0.15) is 16.1 Å². The molecule has 2 aliphatic heterocycles. The van der Waals surface area contributed by atoms with Gasteiger partial charge >= 0.3 is 0 Å². The highest BCUT2D eigenvalue weighted by atomic mass is 35.5. The lowest BCUT2D eigenvalue weighted by Gasteiger charge is -2.29. The van der Waals surface area contributed by atoms with E-state index < -0.39 is 0 Å². The maximum atomic E-state index is 12.5. The van der Waals surface area contributed by atoms with Gasteiger partial charge < -0.3 is 19.9 Å². The van der Waals surface area contributed by atoms with Crippen LogP contribution in [-0.2, 0) is 9.53 Å². The van der Waals surface area contributed by atoms with Gasteiger partial charge in [0.05, 0.1) is 22.4 Å². The Morgan fingerprint density at radius 3 is 2.54 bits per heavy atom. The van der Waals surface area contributed by atoms with E-state index in [1.807, 2.05) is 17.0 Å². The fourth-order valence-electron chi connectivity index (χ4n) is 3.59. The van der Waals surface area contributed by atoms with E-state index in [2.05, 4.69) is 22.3 Å². The molecule has 2 fully saturated rings. The molecule has 3 heterocycles. The Morgan fingerprint density at radius 1 is 1.14 bits per heavy atom. The topological polar surface area (TPSA) is 61.9 Å². The van der Waals surface area contributed by atoms with Crippen LogP contribution in [0, 0.1) is 5.92 Å². The van der Waals surface area contributed by atoms with Gasteiger partial charge in [0.15, 0.2) is 0 Å². The lowest BCUT2D eigenvalue weighted by atomic mass is 10.1. The zero-order valence-corrected chi connectivity index (χ0v) is 17.0. The van der Waals surface area contributed by atoms with Gasteiger partial charge in [-0.1, -0.05) is 11.6 Å². The molecular weight excluding hydrogens is 398 g/mol. The lowest BCUT2D eigenvalue weighted by Crippen LogP contribution is -2.36. The Morgan fingerprint density at radius 2 is 1.86 bits per heavy atom. The second-order valence-corrected chi connectivity index (χ2v) is 8.72. The number of nitrogens with zero attached hydrogens (tertiary/aromatic N) is 2. The number of ether oxygens (including phenoxy) is 1. The quantitative estimate of drug-likeness (QED) is 0.809. The third-order valence-corrected chi connectivity index (χ3v) is 6.32. The molecule has 1 aromatic heterocycles. The van der Waals surface area contributed by atoms with E-state index in [0.29, 0.717) is 28.7 Å². The van der Waals surface area contributed by atoms with Gasteiger partial charge in [-0.15, -0.1) is 11.3 Å². The summed E-state index contributed by atoms with van der Waals surface area (Å²) in [5, 5.41) is 2.91. The van der Waals surface area contributed by atoms with Gasteiger partial charge in [-0.05, 0) is 36.4 Å². The lowest BCUT2D eigenvalue weighted by molar-refractivity contribution is -0.117. The molecule has 0 saturated carbocycles. The van der Waals surface area contributed by atoms with Crippen LogP contribution in [0.5, 0.6) is 0 Å². The highest BCUT2D eigenvalue weighted by molar-refractivity contribution is 7.17. The summed E-state index contributed by atoms with van der Waals surface area (Å²) >= 11 is 7.13. The summed E-state index contributed by atoms with van der Waals surface area (Å²) in [6.45, 7) is 4.36. The third kappa shape index (κ3) is 4.32. The van der Waals surface area contributed by atoms with Crippen LogP contribution >= 0.6 is 22.9 Å². The first kappa shape index (κ1) is 19.2. The molecule has 148 valence electrons. The Hall–Kier alpha value is -2.09. The number of hydrogen-bond donors (Lipinski definition) is 1. The molecule has 0 aliphatic carbocycles. The van der Waals surface area contributed by atoms with E-state index in [1.165, 1.54) is 11.3 Å². The predicted molar refractivity (Wildman–Crippen MR) is 112 cm³/mol. The van der Waals surface area contributed by atoms with Crippen LogP contribution in [0.2, 0.25) is 4.34 Å². The first-order valence-electron chi connectivity index (χ1n) is 9.37. The molecule has 2 amide bonds. The van der Waals surface area contributed by atoms with Gasteiger partial charge in [-0.2, -0.15) is 0 Å². The number of benzene rings is 1. The van der Waals surface area contributed by atoms with Crippen LogP contribution in [0.4, 0.5) is 11.4 Å². The minimum Gasteiger partial charge on any atom is -0.378 e. The van der Waals surface area contributed by atoms with Crippen molar-refractivity contribution in [2.24, 2.45) is 5.92 Å². The number of anilines is 2. The maximum absolute atomic E-state index is 12.5. The van der Waals surface area contributed by atoms with E-state index in [0.717, 1.165) is 37.7 Å². The number of carbonyl (C=O) groups is 2. The molecular formula is C20H22ClN3O3S. The van der Waals surface area contributed by atoms with Crippen molar-refractivity contribution in [3.8, 4) is 0 Å². The van der Waals surface area contributed by atoms with Crippen molar-refractivity contribution in [1.29, 1.82) is 0 Å². The average molecular weight is 420 g/mol. The summed E-state index contributed by atoms with van der Waals surface area (Å²) in [6.07, 6.45) is 0.441. The Balaban J connectivity index is 1.33. The summed E-state index contributed by atoms with van der Waals surface area (Å²) in [5.74, 6) is 0.0565. The third-order valence-electron chi connectivity index (χ3n) is 5.09. The zero-order chi connectivity index (χ0) is 19.5. The van der Waals surface area contributed by atoms with Crippen molar-refractivity contribution in [2.75, 3.05) is 49.2 Å². The summed E-state index contributed by atoms with van der Waals surface area (Å²) < 4.78 is 5.98. The Bertz CT molecular complexity index is 849. The fraction of sp³-hybridized carbons (Fsp3) is 0.400. The van der Waals surface area contributed by atoms with Crippen LogP contribution in [0.15, 0.2) is 36.4 Å². The molecule has 1 atom stereocenters. The first-order valence-corrected chi connectivity index (χ1v) is 10.6. The predicted octanol–water partition coefficient (Wildman–Crippen LogP) is 3.02. The number of amides is 2. The minimum atomic E-state index is -0.141. The number of nitrogens with one attached hydrogen (secondary N) is 1. The highest BCUT2D eigenvalue weighted by Crippen LogP contribution is 2.27. The first-order chi connectivity index (χ1) is 13.6. The largest absolute Gasteiger partial charge is 0.378 e. The zero-order valence-electron chi connectivity index (χ0n) is 15.4. The maximum Gasteiger partial charge on any atom is 0.261 e. The van der Waals surface area contributed by atoms with E-state index in [9.17, 15) is 9.59 Å². The molecule has 1 aromatic carbocycles. The van der Waals surface area contributed by atoms with Gasteiger partial charge in [0.1, 0.15) is 0 Å². The second-order valence-electron chi connectivity index (χ2n) is 7.00. The van der Waals surface area contributed by atoms with Crippen molar-refractivity contribution in [1.82, 2.24) is 5.32 Å². The SMILES string of the molecule is O=C(NCC1CC(=O)N(c2ccc(N3CCOCC3)cc2)C1)c1ccc(Cl)s1. The molecule has 8 heteroatoms. The molecule has 0 spiro atoms. The number of hydrogen-bond acceptors (Lipinski definition) is 5. The summed E-state index contributed by atoms with van der Waals surface area (Å²) in [4.78, 5) is 29.3. The van der Waals surface area contributed by atoms with Crippen LogP contribution < -0.4 is 15.1 Å². The molecule has 2 saturated heterocycles. The second kappa shape index (κ2) is 8.51. The number of morpholine rings is 1. The van der Waals surface area contributed by atoms with Crippen molar-refractivity contribution in [2.45, 2.75) is 6.42 Å². The normalized spacial score (nSPS) is 19.9. The smallest absolute Gasteiger partial charge is 0.261 e. The van der Waals surface area contributed by atoms with Crippen molar-refractivity contribution < 1.29 is 14.3 Å². The van der Waals surface area contributed by atoms with E-state index in [-0.39, 0.29) is 17.7 Å². The molecule has 2 aliphatic rings. The minimum absolute atomic E-state index is 0.0949. The molecule has 2 aromatic rings. The molecule has 28 heavy (non-hydrogen) atoms. The molecule has 0 bridgehead atoms. The Labute approximate surface area is 173 Å². The van der Waals surface area contributed by atoms with Crippen molar-refractivity contribution in [3.05, 3.63) is 45.6 Å². The van der Waals surface area contributed by atoms with E-state index in [1.54, 1.807) is 12.1 Å². The van der Waals surface area contributed by atoms with Crippen molar-refractivity contribution in [3.63, 3.8) is 0 Å². The molecule has 1 unspecified atom stereocenters. The van der Waals surface area contributed by atoms with Crippen molar-refractivity contribution >= 4 is 46.1 Å². The fourth-order valence-corrected chi connectivity index (χ4v) is 4.55. The van der Waals surface area contributed by atoms with Crippen LogP contribution in [0.25, 0.3) is 0 Å². The van der Waals surface area contributed by atoms with E-state index >= 15 is 0 Å². The summed E-state index contributed by atoms with van der Waals surface area (Å²) in [7, 11) is 0. The summed E-state index contributed by atoms with van der Waals surface area (Å²) in [5.41, 5.74) is 2.05. The molecule has 6 nitrogen and oxygen atoms in total. The van der Waals surface area contributed by atoms with Gasteiger partial charge in [0.25, 0.3) is 5.91 Å². The molecule has 1 N–H and O–H groups in total. The Kier molecular flexibility index (Phi) is 5.85. The number of halogens is 1. The average Bonchev–Trinajstić information content (AvgIpc) is 3.32. The van der Waals surface area contributed by atoms with Gasteiger partial charge in [0.2, 0.25) is 5.91 Å². The highest BCUT2D eigenvalue weighted by Gasteiger charge is 2.31. The van der Waals surface area contributed by atoms with Crippen LogP contribution in [-0.4, -0.2) is 51.2 Å². The molecule has 0 radical (unpaired) electrons. The summed E-state index contributed by atoms with van der Waals surface area (Å²) in [6, 6.07) is 11.5. The van der Waals surface area contributed by atoms with Gasteiger partial charge in [0, 0.05) is 49.9 Å². The van der Waals surface area contributed by atoms with Crippen LogP contribution in [0.3, 0.4) is 0 Å². The van der Waals surface area contributed by atoms with E-state index in [4.69, 9.17) is 16.3 Å². The standard InChI is InChI=1S/C20H22ClN3O3S/c21-18-6-5-17(28-18)20(26)22-12-14-11-19(25)24(13-14)16-3-1-15(2-4-16)23-7-9-27-10-8-23/h1-6,14H,7-13H2,(H,22,26). The molecule has 4 rings (SSSR count). The monoisotopic (exact) mass is 419 g/mol. The number of rotatable bonds is 5. The van der Waals surface area contributed by atoms with Gasteiger partial charge in [-0.25, -0.2) is 0 Å². The number of carbonyl (C=O) groups excluding carboxylic acids is 2. The van der Waals surface area contributed by atoms with Gasteiger partial charge in [-0.3, -0.25) is 9.59 Å².